The lowest BCUT2D eigenvalue weighted by atomic mass is 9.97. The summed E-state index contributed by atoms with van der Waals surface area (Å²) in [6, 6.07) is 7.89. The van der Waals surface area contributed by atoms with Gasteiger partial charge in [0.05, 0.1) is 10.2 Å². The van der Waals surface area contributed by atoms with Crippen LogP contribution in [0.2, 0.25) is 0 Å². The average Bonchev–Trinajstić information content (AvgIpc) is 3.15. The maximum atomic E-state index is 13.5. The summed E-state index contributed by atoms with van der Waals surface area (Å²) in [6.45, 7) is 10.8. The molecular weight excluding hydrogens is 444 g/mol. The average molecular weight is 479 g/mol. The molecule has 0 atom stereocenters. The molecule has 0 unspecified atom stereocenters. The molecule has 34 heavy (non-hydrogen) atoms. The van der Waals surface area contributed by atoms with Gasteiger partial charge in [-0.15, -0.1) is 11.3 Å². The molecule has 6 heteroatoms. The van der Waals surface area contributed by atoms with E-state index in [0.717, 1.165) is 48.3 Å². The molecule has 3 aromatic rings. The van der Waals surface area contributed by atoms with Gasteiger partial charge in [-0.3, -0.25) is 4.79 Å². The summed E-state index contributed by atoms with van der Waals surface area (Å²) in [5.41, 5.74) is 4.33. The molecule has 0 amide bonds. The molecule has 1 aliphatic rings. The Hall–Kier alpha value is -2.86. The minimum atomic E-state index is -1.17. The minimum Gasteiger partial charge on any atom is -0.477 e. The highest BCUT2D eigenvalue weighted by Crippen LogP contribution is 2.32. The Balaban J connectivity index is 1.86. The Morgan fingerprint density at radius 1 is 1.18 bits per heavy atom. The maximum absolute atomic E-state index is 13.5. The molecule has 0 bridgehead atoms. The largest absolute Gasteiger partial charge is 0.477 e. The molecule has 0 fully saturated rings. The molecule has 0 aliphatic heterocycles. The Bertz CT molecular complexity index is 1340. The Kier molecular flexibility index (Phi) is 7.27. The van der Waals surface area contributed by atoms with Crippen LogP contribution >= 0.6 is 11.3 Å². The van der Waals surface area contributed by atoms with E-state index in [4.69, 9.17) is 0 Å². The first kappa shape index (κ1) is 24.3. The van der Waals surface area contributed by atoms with E-state index >= 15 is 0 Å². The van der Waals surface area contributed by atoms with Crippen molar-refractivity contribution in [3.05, 3.63) is 68.7 Å². The molecule has 1 N–H and O–H groups in total. The molecular formula is C28H34N2O3S. The molecule has 0 saturated heterocycles. The van der Waals surface area contributed by atoms with Crippen LogP contribution < -0.4 is 5.43 Å². The number of pyridine rings is 1. The van der Waals surface area contributed by atoms with Gasteiger partial charge in [0.2, 0.25) is 5.43 Å². The zero-order valence-electron chi connectivity index (χ0n) is 20.6. The van der Waals surface area contributed by atoms with E-state index in [9.17, 15) is 14.7 Å². The zero-order valence-corrected chi connectivity index (χ0v) is 21.4. The predicted octanol–water partition coefficient (Wildman–Crippen LogP) is 6.59. The summed E-state index contributed by atoms with van der Waals surface area (Å²) in [4.78, 5) is 28.6. The normalized spacial score (nSPS) is 17.1. The van der Waals surface area contributed by atoms with E-state index in [0.29, 0.717) is 22.7 Å². The number of aromatic nitrogens is 1. The van der Waals surface area contributed by atoms with Gasteiger partial charge < -0.3 is 14.4 Å². The van der Waals surface area contributed by atoms with Crippen molar-refractivity contribution in [2.45, 2.75) is 59.8 Å². The second-order valence-corrected chi connectivity index (χ2v) is 10.6. The van der Waals surface area contributed by atoms with E-state index in [-0.39, 0.29) is 11.0 Å². The van der Waals surface area contributed by atoms with Crippen LogP contribution in [0, 0.1) is 5.92 Å². The third-order valence-corrected chi connectivity index (χ3v) is 7.77. The molecule has 1 aromatic carbocycles. The summed E-state index contributed by atoms with van der Waals surface area (Å²) in [6.07, 6.45) is 8.81. The van der Waals surface area contributed by atoms with Crippen molar-refractivity contribution in [1.82, 2.24) is 9.30 Å². The number of carboxylic acids is 1. The van der Waals surface area contributed by atoms with Crippen molar-refractivity contribution < 1.29 is 9.90 Å². The zero-order chi connectivity index (χ0) is 24.4. The van der Waals surface area contributed by atoms with Gasteiger partial charge in [0.15, 0.2) is 0 Å². The molecule has 2 aromatic heterocycles. The molecule has 0 radical (unpaired) electrons. The lowest BCUT2D eigenvalue weighted by molar-refractivity contribution is 0.0697. The Morgan fingerprint density at radius 3 is 2.65 bits per heavy atom. The fraction of sp³-hybridized carbons (Fsp3) is 0.429. The number of fused-ring (bicyclic) bond motifs is 5. The summed E-state index contributed by atoms with van der Waals surface area (Å²) < 4.78 is 2.99. The molecule has 1 aliphatic carbocycles. The molecule has 0 spiro atoms. The molecule has 5 nitrogen and oxygen atoms in total. The van der Waals surface area contributed by atoms with Gasteiger partial charge in [0.1, 0.15) is 10.4 Å². The monoisotopic (exact) mass is 478 g/mol. The highest BCUT2D eigenvalue weighted by atomic mass is 32.1. The lowest BCUT2D eigenvalue weighted by Crippen LogP contribution is -2.27. The first-order valence-electron chi connectivity index (χ1n) is 12.3. The summed E-state index contributed by atoms with van der Waals surface area (Å²) >= 11 is 1.38. The molecule has 0 saturated carbocycles. The maximum Gasteiger partial charge on any atom is 0.342 e. The quantitative estimate of drug-likeness (QED) is 0.396. The number of nitrogens with zero attached hydrogens (tertiary/aromatic N) is 2. The Morgan fingerprint density at radius 2 is 1.94 bits per heavy atom. The van der Waals surface area contributed by atoms with Crippen molar-refractivity contribution in [1.29, 1.82) is 0 Å². The van der Waals surface area contributed by atoms with Crippen LogP contribution in [-0.4, -0.2) is 33.5 Å². The van der Waals surface area contributed by atoms with E-state index in [1.54, 1.807) is 0 Å². The minimum absolute atomic E-state index is 0.130. The van der Waals surface area contributed by atoms with Crippen LogP contribution in [0.3, 0.4) is 0 Å². The van der Waals surface area contributed by atoms with Gasteiger partial charge in [-0.05, 0) is 74.8 Å². The van der Waals surface area contributed by atoms with Gasteiger partial charge in [-0.2, -0.15) is 0 Å². The van der Waals surface area contributed by atoms with E-state index in [1.165, 1.54) is 29.0 Å². The van der Waals surface area contributed by atoms with E-state index < -0.39 is 5.97 Å². The van der Waals surface area contributed by atoms with Crippen LogP contribution in [0.4, 0.5) is 0 Å². The molecule has 2 heterocycles. The van der Waals surface area contributed by atoms with E-state index in [2.05, 4.69) is 32.6 Å². The van der Waals surface area contributed by atoms with Gasteiger partial charge in [0.25, 0.3) is 0 Å². The highest BCUT2D eigenvalue weighted by Gasteiger charge is 2.25. The second-order valence-electron chi connectivity index (χ2n) is 9.60. The van der Waals surface area contributed by atoms with Crippen LogP contribution in [0.25, 0.3) is 21.1 Å². The number of aryl methyl sites for hydroxylation is 1. The first-order chi connectivity index (χ1) is 16.3. The molecule has 4 rings (SSSR count). The third-order valence-electron chi connectivity index (χ3n) is 6.62. The van der Waals surface area contributed by atoms with Crippen LogP contribution in [-0.2, 0) is 6.42 Å². The SMILES string of the molecule is CCCN(CCCC(C)C)C1=C(/C)CCc2c(c(=O)c(C(=O)O)c3sc4ccccc4n23)/C=C\1. The van der Waals surface area contributed by atoms with Crippen molar-refractivity contribution in [2.75, 3.05) is 13.1 Å². The summed E-state index contributed by atoms with van der Waals surface area (Å²) in [7, 11) is 0. The number of carboxylic acid groups (broad SMARTS) is 1. The number of para-hydroxylation sites is 1. The van der Waals surface area contributed by atoms with E-state index in [1.807, 2.05) is 40.8 Å². The Labute approximate surface area is 205 Å². The fourth-order valence-corrected chi connectivity index (χ4v) is 6.14. The third kappa shape index (κ3) is 4.56. The standard InChI is InChI=1S/C28H34N2O3S/c1-5-16-29(17-8-9-18(2)3)21-15-13-20-22(14-12-19(21)4)30-23-10-6-7-11-24(23)34-27(30)25(26(20)31)28(32)33/h6-7,10-11,13,15,18H,5,8-9,12,14,16-17H2,1-4H3,(H,32,33)/b15-13-,21-19-. The number of carbonyl (C=O) groups is 1. The van der Waals surface area contributed by atoms with Gasteiger partial charge >= 0.3 is 5.97 Å². The number of hydrogen-bond acceptors (Lipinski definition) is 4. The second kappa shape index (κ2) is 10.2. The van der Waals surface area contributed by atoms with Crippen molar-refractivity contribution in [3.8, 4) is 0 Å². The number of aromatic carboxylic acids is 1. The highest BCUT2D eigenvalue weighted by molar-refractivity contribution is 7.24. The smallest absolute Gasteiger partial charge is 0.342 e. The summed E-state index contributed by atoms with van der Waals surface area (Å²) in [5, 5.41) is 9.96. The fourth-order valence-electron chi connectivity index (χ4n) is 4.94. The van der Waals surface area contributed by atoms with Crippen molar-refractivity contribution in [2.24, 2.45) is 5.92 Å². The van der Waals surface area contributed by atoms with Crippen molar-refractivity contribution in [3.63, 3.8) is 0 Å². The number of hydrogen-bond donors (Lipinski definition) is 1. The first-order valence-corrected chi connectivity index (χ1v) is 13.1. The lowest BCUT2D eigenvalue weighted by Gasteiger charge is -2.29. The number of benzene rings is 1. The number of rotatable bonds is 8. The predicted molar refractivity (Wildman–Crippen MR) is 142 cm³/mol. The molecule has 180 valence electrons. The van der Waals surface area contributed by atoms with Gasteiger partial charge in [-0.1, -0.05) is 32.9 Å². The van der Waals surface area contributed by atoms with Gasteiger partial charge in [0, 0.05) is 30.0 Å². The van der Waals surface area contributed by atoms with Gasteiger partial charge in [-0.25, -0.2) is 4.79 Å². The van der Waals surface area contributed by atoms with Crippen LogP contribution in [0.15, 0.2) is 46.4 Å². The van der Waals surface area contributed by atoms with Crippen LogP contribution in [0.5, 0.6) is 0 Å². The number of thiazole rings is 1. The number of allylic oxidation sites excluding steroid dienone is 2. The van der Waals surface area contributed by atoms with Crippen LogP contribution in [0.1, 0.15) is 75.0 Å². The summed E-state index contributed by atoms with van der Waals surface area (Å²) in [5.74, 6) is -0.490. The topological polar surface area (TPSA) is 62.0 Å². The van der Waals surface area contributed by atoms with Crippen molar-refractivity contribution >= 4 is 38.4 Å².